The van der Waals surface area contributed by atoms with Crippen molar-refractivity contribution < 1.29 is 4.74 Å². The van der Waals surface area contributed by atoms with Crippen LogP contribution in [0.3, 0.4) is 0 Å². The molecule has 0 spiro atoms. The Bertz CT molecular complexity index is 307. The van der Waals surface area contributed by atoms with Crippen molar-refractivity contribution in [2.45, 2.75) is 39.5 Å². The third-order valence-electron chi connectivity index (χ3n) is 3.35. The van der Waals surface area contributed by atoms with Crippen LogP contribution >= 0.6 is 0 Å². The molecular weight excluding hydrogens is 210 g/mol. The highest BCUT2D eigenvalue weighted by atomic mass is 16.5. The normalized spacial score (nSPS) is 14.4. The van der Waals surface area contributed by atoms with Gasteiger partial charge in [0.1, 0.15) is 5.75 Å². The summed E-state index contributed by atoms with van der Waals surface area (Å²) in [5, 5.41) is 0. The Morgan fingerprint density at radius 1 is 1.18 bits per heavy atom. The van der Waals surface area contributed by atoms with E-state index >= 15 is 0 Å². The first-order valence-electron chi connectivity index (χ1n) is 6.61. The molecule has 0 aliphatic carbocycles. The average molecular weight is 235 g/mol. The van der Waals surface area contributed by atoms with Gasteiger partial charge in [0.2, 0.25) is 0 Å². The summed E-state index contributed by atoms with van der Waals surface area (Å²) in [6, 6.07) is 8.47. The van der Waals surface area contributed by atoms with Gasteiger partial charge in [-0.3, -0.25) is 0 Å². The quantitative estimate of drug-likeness (QED) is 0.784. The summed E-state index contributed by atoms with van der Waals surface area (Å²) in [5.74, 6) is 2.15. The van der Waals surface area contributed by atoms with Gasteiger partial charge in [-0.2, -0.15) is 0 Å². The topological polar surface area (TPSA) is 35.2 Å². The summed E-state index contributed by atoms with van der Waals surface area (Å²) in [6.07, 6.45) is 2.13. The first-order valence-corrected chi connectivity index (χ1v) is 6.61. The first kappa shape index (κ1) is 14.0. The van der Waals surface area contributed by atoms with E-state index in [-0.39, 0.29) is 0 Å². The smallest absolute Gasteiger partial charge is 0.119 e. The van der Waals surface area contributed by atoms with E-state index < -0.39 is 0 Å². The Hall–Kier alpha value is -1.02. The monoisotopic (exact) mass is 235 g/mol. The minimum absolute atomic E-state index is 0.554. The van der Waals surface area contributed by atoms with Crippen molar-refractivity contribution in [3.05, 3.63) is 29.8 Å². The molecular formula is C15H25NO. The van der Waals surface area contributed by atoms with Gasteiger partial charge in [-0.15, -0.1) is 0 Å². The lowest BCUT2D eigenvalue weighted by Gasteiger charge is -2.20. The van der Waals surface area contributed by atoms with E-state index in [2.05, 4.69) is 45.0 Å². The minimum Gasteiger partial charge on any atom is -0.494 e. The van der Waals surface area contributed by atoms with Crippen LogP contribution in [0.25, 0.3) is 0 Å². The summed E-state index contributed by atoms with van der Waals surface area (Å²) < 4.78 is 5.58. The Balaban J connectivity index is 2.60. The van der Waals surface area contributed by atoms with Crippen molar-refractivity contribution in [1.82, 2.24) is 0 Å². The number of rotatable bonds is 7. The Labute approximate surface area is 105 Å². The highest BCUT2D eigenvalue weighted by molar-refractivity contribution is 5.29. The molecule has 0 fully saturated rings. The van der Waals surface area contributed by atoms with E-state index in [0.717, 1.165) is 31.7 Å². The van der Waals surface area contributed by atoms with Crippen molar-refractivity contribution in [2.24, 2.45) is 11.7 Å². The summed E-state index contributed by atoms with van der Waals surface area (Å²) in [5.41, 5.74) is 6.97. The van der Waals surface area contributed by atoms with Gasteiger partial charge in [-0.1, -0.05) is 32.9 Å². The molecule has 0 amide bonds. The van der Waals surface area contributed by atoms with E-state index in [1.807, 2.05) is 0 Å². The zero-order chi connectivity index (χ0) is 12.7. The van der Waals surface area contributed by atoms with Crippen molar-refractivity contribution in [3.63, 3.8) is 0 Å². The molecule has 0 aliphatic rings. The Morgan fingerprint density at radius 2 is 1.82 bits per heavy atom. The molecule has 2 nitrogen and oxygen atoms in total. The van der Waals surface area contributed by atoms with E-state index in [0.29, 0.717) is 11.8 Å². The maximum Gasteiger partial charge on any atom is 0.119 e. The van der Waals surface area contributed by atoms with Gasteiger partial charge in [0.15, 0.2) is 0 Å². The van der Waals surface area contributed by atoms with Gasteiger partial charge in [0.05, 0.1) is 6.61 Å². The SMILES string of the molecule is CCCOc1ccc(C(C)C(C)CCN)cc1. The molecule has 1 rings (SSSR count). The molecule has 1 aromatic carbocycles. The van der Waals surface area contributed by atoms with E-state index in [9.17, 15) is 0 Å². The number of nitrogens with two attached hydrogens (primary N) is 1. The second kappa shape index (κ2) is 7.33. The van der Waals surface area contributed by atoms with E-state index in [1.165, 1.54) is 5.56 Å². The second-order valence-electron chi connectivity index (χ2n) is 4.76. The molecule has 0 aliphatic heterocycles. The van der Waals surface area contributed by atoms with E-state index in [1.54, 1.807) is 0 Å². The van der Waals surface area contributed by atoms with Crippen LogP contribution in [0.2, 0.25) is 0 Å². The van der Waals surface area contributed by atoms with Crippen molar-refractivity contribution in [2.75, 3.05) is 13.2 Å². The fourth-order valence-electron chi connectivity index (χ4n) is 1.93. The van der Waals surface area contributed by atoms with Crippen LogP contribution in [0.4, 0.5) is 0 Å². The standard InChI is InChI=1S/C15H25NO/c1-4-11-17-15-7-5-14(6-8-15)13(3)12(2)9-10-16/h5-8,12-13H,4,9-11,16H2,1-3H3. The molecule has 2 N–H and O–H groups in total. The number of hydrogen-bond acceptors (Lipinski definition) is 2. The van der Waals surface area contributed by atoms with Gasteiger partial charge in [0, 0.05) is 0 Å². The molecule has 96 valence electrons. The molecule has 0 radical (unpaired) electrons. The second-order valence-corrected chi connectivity index (χ2v) is 4.76. The number of benzene rings is 1. The molecule has 1 aromatic rings. The Kier molecular flexibility index (Phi) is 6.06. The predicted molar refractivity (Wildman–Crippen MR) is 73.5 cm³/mol. The lowest BCUT2D eigenvalue weighted by molar-refractivity contribution is 0.317. The third-order valence-corrected chi connectivity index (χ3v) is 3.35. The number of hydrogen-bond donors (Lipinski definition) is 1. The number of ether oxygens (including phenoxy) is 1. The summed E-state index contributed by atoms with van der Waals surface area (Å²) >= 11 is 0. The zero-order valence-corrected chi connectivity index (χ0v) is 11.3. The van der Waals surface area contributed by atoms with Gasteiger partial charge in [-0.05, 0) is 48.9 Å². The molecule has 0 aromatic heterocycles. The van der Waals surface area contributed by atoms with Gasteiger partial charge in [0.25, 0.3) is 0 Å². The summed E-state index contributed by atoms with van der Waals surface area (Å²) in [4.78, 5) is 0. The zero-order valence-electron chi connectivity index (χ0n) is 11.3. The fourth-order valence-corrected chi connectivity index (χ4v) is 1.93. The van der Waals surface area contributed by atoms with Crippen molar-refractivity contribution in [1.29, 1.82) is 0 Å². The Morgan fingerprint density at radius 3 is 2.35 bits per heavy atom. The largest absolute Gasteiger partial charge is 0.494 e. The highest BCUT2D eigenvalue weighted by Crippen LogP contribution is 2.27. The molecule has 0 saturated carbocycles. The van der Waals surface area contributed by atoms with Crippen LogP contribution in [-0.4, -0.2) is 13.2 Å². The molecule has 17 heavy (non-hydrogen) atoms. The molecule has 0 saturated heterocycles. The third kappa shape index (κ3) is 4.39. The average Bonchev–Trinajstić information content (AvgIpc) is 2.36. The lowest BCUT2D eigenvalue weighted by Crippen LogP contribution is -2.12. The fraction of sp³-hybridized carbons (Fsp3) is 0.600. The predicted octanol–water partition coefficient (Wildman–Crippen LogP) is 3.56. The lowest BCUT2D eigenvalue weighted by atomic mass is 9.87. The van der Waals surface area contributed by atoms with Crippen LogP contribution < -0.4 is 10.5 Å². The van der Waals surface area contributed by atoms with Gasteiger partial charge >= 0.3 is 0 Å². The maximum atomic E-state index is 5.60. The first-order chi connectivity index (χ1) is 8.19. The van der Waals surface area contributed by atoms with Crippen molar-refractivity contribution >= 4 is 0 Å². The maximum absolute atomic E-state index is 5.60. The van der Waals surface area contributed by atoms with Crippen LogP contribution in [0, 0.1) is 5.92 Å². The molecule has 2 unspecified atom stereocenters. The highest BCUT2D eigenvalue weighted by Gasteiger charge is 2.13. The van der Waals surface area contributed by atoms with Gasteiger partial charge in [-0.25, -0.2) is 0 Å². The molecule has 2 atom stereocenters. The van der Waals surface area contributed by atoms with Crippen LogP contribution in [-0.2, 0) is 0 Å². The van der Waals surface area contributed by atoms with Crippen LogP contribution in [0.1, 0.15) is 45.1 Å². The minimum atomic E-state index is 0.554. The van der Waals surface area contributed by atoms with E-state index in [4.69, 9.17) is 10.5 Å². The molecule has 0 heterocycles. The molecule has 2 heteroatoms. The summed E-state index contributed by atoms with van der Waals surface area (Å²) in [6.45, 7) is 8.20. The van der Waals surface area contributed by atoms with Crippen LogP contribution in [0.15, 0.2) is 24.3 Å². The van der Waals surface area contributed by atoms with Crippen LogP contribution in [0.5, 0.6) is 5.75 Å². The van der Waals surface area contributed by atoms with Crippen molar-refractivity contribution in [3.8, 4) is 5.75 Å². The van der Waals surface area contributed by atoms with Gasteiger partial charge < -0.3 is 10.5 Å². The summed E-state index contributed by atoms with van der Waals surface area (Å²) in [7, 11) is 0. The molecule has 0 bridgehead atoms.